The maximum atomic E-state index is 12.6. The highest BCUT2D eigenvalue weighted by Gasteiger charge is 2.33. The first kappa shape index (κ1) is 15.4. The van der Waals surface area contributed by atoms with E-state index in [1.54, 1.807) is 23.4 Å². The molecule has 0 atom stereocenters. The summed E-state index contributed by atoms with van der Waals surface area (Å²) >= 11 is 0. The zero-order chi connectivity index (χ0) is 16.4. The number of hydrogen-bond acceptors (Lipinski definition) is 5. The second-order valence-corrected chi connectivity index (χ2v) is 6.39. The number of rotatable bonds is 4. The van der Waals surface area contributed by atoms with Crippen molar-refractivity contribution in [3.63, 3.8) is 0 Å². The summed E-state index contributed by atoms with van der Waals surface area (Å²) in [5, 5.41) is 0. The van der Waals surface area contributed by atoms with Gasteiger partial charge >= 0.3 is 0 Å². The Balaban J connectivity index is 1.69. The van der Waals surface area contributed by atoms with E-state index < -0.39 is 0 Å². The molecule has 3 rings (SSSR count). The normalized spacial score (nSPS) is 14.8. The van der Waals surface area contributed by atoms with Crippen LogP contribution in [0.3, 0.4) is 0 Å². The lowest BCUT2D eigenvalue weighted by molar-refractivity contribution is 0.0596. The lowest BCUT2D eigenvalue weighted by Crippen LogP contribution is -2.48. The van der Waals surface area contributed by atoms with Crippen LogP contribution in [0.15, 0.2) is 30.6 Å². The number of pyridine rings is 1. The SMILES string of the molecule is CC(C)Cc1cc(C(=O)N2CC(c3ccncc3)C2)nc(N)n1. The van der Waals surface area contributed by atoms with Gasteiger partial charge in [-0.25, -0.2) is 9.97 Å². The maximum Gasteiger partial charge on any atom is 0.272 e. The first-order chi connectivity index (χ1) is 11.0. The summed E-state index contributed by atoms with van der Waals surface area (Å²) in [6.07, 6.45) is 4.35. The third kappa shape index (κ3) is 3.47. The molecule has 0 aromatic carbocycles. The first-order valence-electron chi connectivity index (χ1n) is 7.85. The van der Waals surface area contributed by atoms with Gasteiger partial charge in [0.25, 0.3) is 5.91 Å². The number of anilines is 1. The number of nitrogens with zero attached hydrogens (tertiary/aromatic N) is 4. The van der Waals surface area contributed by atoms with E-state index >= 15 is 0 Å². The van der Waals surface area contributed by atoms with Crippen LogP contribution in [0.1, 0.15) is 41.5 Å². The molecule has 0 unspecified atom stereocenters. The van der Waals surface area contributed by atoms with Crippen LogP contribution in [0.25, 0.3) is 0 Å². The van der Waals surface area contributed by atoms with Gasteiger partial charge in [0, 0.05) is 37.1 Å². The van der Waals surface area contributed by atoms with Crippen LogP contribution in [0, 0.1) is 5.92 Å². The van der Waals surface area contributed by atoms with Gasteiger partial charge in [-0.2, -0.15) is 0 Å². The number of carbonyl (C=O) groups excluding carboxylic acids is 1. The minimum Gasteiger partial charge on any atom is -0.368 e. The zero-order valence-electron chi connectivity index (χ0n) is 13.4. The smallest absolute Gasteiger partial charge is 0.272 e. The van der Waals surface area contributed by atoms with Crippen molar-refractivity contribution in [2.45, 2.75) is 26.2 Å². The predicted octanol–water partition coefficient (Wildman–Crippen LogP) is 1.89. The molecule has 2 aromatic heterocycles. The highest BCUT2D eigenvalue weighted by atomic mass is 16.2. The Hall–Kier alpha value is -2.50. The van der Waals surface area contributed by atoms with Gasteiger partial charge in [-0.3, -0.25) is 9.78 Å². The Morgan fingerprint density at radius 2 is 2.00 bits per heavy atom. The molecule has 6 heteroatoms. The quantitative estimate of drug-likeness (QED) is 0.932. The van der Waals surface area contributed by atoms with E-state index in [9.17, 15) is 4.79 Å². The lowest BCUT2D eigenvalue weighted by Gasteiger charge is -2.39. The number of carbonyl (C=O) groups is 1. The van der Waals surface area contributed by atoms with Crippen LogP contribution in [0.5, 0.6) is 0 Å². The van der Waals surface area contributed by atoms with Gasteiger partial charge in [0.2, 0.25) is 5.95 Å². The van der Waals surface area contributed by atoms with Crippen molar-refractivity contribution < 1.29 is 4.79 Å². The fourth-order valence-electron chi connectivity index (χ4n) is 2.80. The molecule has 3 heterocycles. The Labute approximate surface area is 135 Å². The molecule has 1 amide bonds. The van der Waals surface area contributed by atoms with Crippen molar-refractivity contribution >= 4 is 11.9 Å². The lowest BCUT2D eigenvalue weighted by atomic mass is 9.92. The molecule has 0 aliphatic carbocycles. The Kier molecular flexibility index (Phi) is 4.23. The molecule has 0 spiro atoms. The van der Waals surface area contributed by atoms with Crippen LogP contribution in [-0.2, 0) is 6.42 Å². The van der Waals surface area contributed by atoms with Gasteiger partial charge in [-0.1, -0.05) is 13.8 Å². The fourth-order valence-corrected chi connectivity index (χ4v) is 2.80. The molecule has 0 saturated carbocycles. The fraction of sp³-hybridized carbons (Fsp3) is 0.412. The van der Waals surface area contributed by atoms with E-state index in [4.69, 9.17) is 5.73 Å². The third-order valence-corrected chi connectivity index (χ3v) is 3.98. The molecule has 1 fully saturated rings. The summed E-state index contributed by atoms with van der Waals surface area (Å²) in [5.74, 6) is 0.913. The second-order valence-electron chi connectivity index (χ2n) is 6.39. The van der Waals surface area contributed by atoms with Crippen LogP contribution in [0.2, 0.25) is 0 Å². The summed E-state index contributed by atoms with van der Waals surface area (Å²) in [5.41, 5.74) is 8.18. The van der Waals surface area contributed by atoms with Crippen LogP contribution in [-0.4, -0.2) is 38.8 Å². The zero-order valence-corrected chi connectivity index (χ0v) is 13.4. The highest BCUT2D eigenvalue weighted by molar-refractivity contribution is 5.93. The van der Waals surface area contributed by atoms with Crippen molar-refractivity contribution in [1.29, 1.82) is 0 Å². The van der Waals surface area contributed by atoms with Crippen molar-refractivity contribution in [1.82, 2.24) is 19.9 Å². The molecule has 0 bridgehead atoms. The van der Waals surface area contributed by atoms with E-state index in [2.05, 4.69) is 28.8 Å². The second kappa shape index (κ2) is 6.32. The highest BCUT2D eigenvalue weighted by Crippen LogP contribution is 2.27. The van der Waals surface area contributed by atoms with Gasteiger partial charge in [0.1, 0.15) is 5.69 Å². The molecular formula is C17H21N5O. The topological polar surface area (TPSA) is 85.0 Å². The van der Waals surface area contributed by atoms with Gasteiger partial charge in [0.05, 0.1) is 0 Å². The standard InChI is InChI=1S/C17H21N5O/c1-11(2)7-14-8-15(21-17(18)20-14)16(23)22-9-13(10-22)12-3-5-19-6-4-12/h3-6,8,11,13H,7,9-10H2,1-2H3,(H2,18,20,21). The molecule has 2 aromatic rings. The molecule has 6 nitrogen and oxygen atoms in total. The van der Waals surface area contributed by atoms with E-state index in [0.717, 1.165) is 12.1 Å². The molecule has 1 aliphatic heterocycles. The molecular weight excluding hydrogens is 290 g/mol. The van der Waals surface area contributed by atoms with Crippen LogP contribution in [0.4, 0.5) is 5.95 Å². The molecule has 1 aliphatic rings. The molecule has 23 heavy (non-hydrogen) atoms. The van der Waals surface area contributed by atoms with E-state index in [1.165, 1.54) is 5.56 Å². The number of aromatic nitrogens is 3. The Morgan fingerprint density at radius 1 is 1.30 bits per heavy atom. The molecule has 120 valence electrons. The summed E-state index contributed by atoms with van der Waals surface area (Å²) in [7, 11) is 0. The number of nitrogens with two attached hydrogens (primary N) is 1. The minimum atomic E-state index is -0.0746. The summed E-state index contributed by atoms with van der Waals surface area (Å²) in [6, 6.07) is 5.75. The molecule has 2 N–H and O–H groups in total. The first-order valence-corrected chi connectivity index (χ1v) is 7.85. The number of likely N-dealkylation sites (tertiary alicyclic amines) is 1. The Morgan fingerprint density at radius 3 is 2.65 bits per heavy atom. The van der Waals surface area contributed by atoms with Crippen LogP contribution >= 0.6 is 0 Å². The summed E-state index contributed by atoms with van der Waals surface area (Å²) in [6.45, 7) is 5.61. The monoisotopic (exact) mass is 311 g/mol. The van der Waals surface area contributed by atoms with Crippen molar-refractivity contribution in [3.05, 3.63) is 47.5 Å². The Bertz CT molecular complexity index is 695. The average Bonchev–Trinajstić information content (AvgIpc) is 2.45. The average molecular weight is 311 g/mol. The van der Waals surface area contributed by atoms with Gasteiger partial charge in [0.15, 0.2) is 0 Å². The predicted molar refractivity (Wildman–Crippen MR) is 87.9 cm³/mol. The van der Waals surface area contributed by atoms with Gasteiger partial charge < -0.3 is 10.6 Å². The van der Waals surface area contributed by atoms with Crippen molar-refractivity contribution in [2.75, 3.05) is 18.8 Å². The largest absolute Gasteiger partial charge is 0.368 e. The van der Waals surface area contributed by atoms with E-state index in [-0.39, 0.29) is 11.9 Å². The maximum absolute atomic E-state index is 12.6. The van der Waals surface area contributed by atoms with Gasteiger partial charge in [-0.15, -0.1) is 0 Å². The van der Waals surface area contributed by atoms with Crippen LogP contribution < -0.4 is 5.73 Å². The number of nitrogen functional groups attached to an aromatic ring is 1. The third-order valence-electron chi connectivity index (χ3n) is 3.98. The number of hydrogen-bond donors (Lipinski definition) is 1. The van der Waals surface area contributed by atoms with E-state index in [1.807, 2.05) is 12.1 Å². The molecule has 1 saturated heterocycles. The minimum absolute atomic E-state index is 0.0746. The van der Waals surface area contributed by atoms with Crippen molar-refractivity contribution in [3.8, 4) is 0 Å². The van der Waals surface area contributed by atoms with Crippen molar-refractivity contribution in [2.24, 2.45) is 5.92 Å². The van der Waals surface area contributed by atoms with E-state index in [0.29, 0.717) is 30.6 Å². The summed E-state index contributed by atoms with van der Waals surface area (Å²) in [4.78, 5) is 26.7. The number of amides is 1. The summed E-state index contributed by atoms with van der Waals surface area (Å²) < 4.78 is 0. The van der Waals surface area contributed by atoms with Gasteiger partial charge in [-0.05, 0) is 36.1 Å². The molecule has 0 radical (unpaired) electrons.